The smallest absolute Gasteiger partial charge is 0.134 e. The van der Waals surface area contributed by atoms with Crippen LogP contribution in [0.15, 0.2) is 91.0 Å². The Labute approximate surface area is 167 Å². The third-order valence-corrected chi connectivity index (χ3v) is 5.84. The van der Waals surface area contributed by atoms with Gasteiger partial charge in [0.25, 0.3) is 0 Å². The number of hydrogen-bond donors (Lipinski definition) is 1. The number of piperazine rings is 1. The van der Waals surface area contributed by atoms with Gasteiger partial charge in [0.15, 0.2) is 0 Å². The highest BCUT2D eigenvalue weighted by atomic mass is 16.3. The molecule has 0 radical (unpaired) electrons. The maximum Gasteiger partial charge on any atom is 0.134 e. The van der Waals surface area contributed by atoms with E-state index in [0.717, 1.165) is 42.9 Å². The minimum atomic E-state index is -1.14. The Morgan fingerprint density at radius 3 is 1.57 bits per heavy atom. The summed E-state index contributed by atoms with van der Waals surface area (Å²) in [6.45, 7) is 3.86. The number of nitrogens with zero attached hydrogens (tertiary/aromatic N) is 2. The van der Waals surface area contributed by atoms with Gasteiger partial charge in [-0.25, -0.2) is 0 Å². The Bertz CT molecular complexity index is 819. The average molecular weight is 373 g/mol. The Hall–Kier alpha value is -2.46. The summed E-state index contributed by atoms with van der Waals surface area (Å²) in [4.78, 5) is 4.79. The average Bonchev–Trinajstić information content (AvgIpc) is 2.77. The first-order valence-corrected chi connectivity index (χ1v) is 10.0. The van der Waals surface area contributed by atoms with Gasteiger partial charge in [0.1, 0.15) is 5.60 Å². The van der Waals surface area contributed by atoms with E-state index in [1.807, 2.05) is 66.7 Å². The van der Waals surface area contributed by atoms with Gasteiger partial charge >= 0.3 is 0 Å². The van der Waals surface area contributed by atoms with Crippen molar-refractivity contribution in [3.05, 3.63) is 108 Å². The summed E-state index contributed by atoms with van der Waals surface area (Å²) in [7, 11) is 2.16. The summed E-state index contributed by atoms with van der Waals surface area (Å²) in [5, 5.41) is 12.4. The van der Waals surface area contributed by atoms with Crippen LogP contribution in [0.5, 0.6) is 0 Å². The molecule has 1 saturated heterocycles. The Balaban J connectivity index is 1.89. The predicted octanol–water partition coefficient (Wildman–Crippen LogP) is 3.91. The number of rotatable bonds is 5. The molecule has 1 N–H and O–H groups in total. The molecule has 3 nitrogen and oxygen atoms in total. The zero-order chi connectivity index (χ0) is 19.4. The van der Waals surface area contributed by atoms with Crippen LogP contribution in [-0.2, 0) is 5.60 Å². The van der Waals surface area contributed by atoms with Crippen LogP contribution in [0.2, 0.25) is 0 Å². The van der Waals surface area contributed by atoms with Crippen molar-refractivity contribution < 1.29 is 5.11 Å². The maximum absolute atomic E-state index is 12.4. The summed E-state index contributed by atoms with van der Waals surface area (Å²) < 4.78 is 0. The van der Waals surface area contributed by atoms with Crippen LogP contribution >= 0.6 is 0 Å². The molecule has 1 aliphatic rings. The van der Waals surface area contributed by atoms with Crippen molar-refractivity contribution in [1.29, 1.82) is 0 Å². The van der Waals surface area contributed by atoms with Crippen LogP contribution in [-0.4, -0.2) is 48.1 Å². The van der Waals surface area contributed by atoms with Gasteiger partial charge in [-0.2, -0.15) is 0 Å². The fraction of sp³-hybridized carbons (Fsp3) is 0.280. The molecule has 3 aromatic rings. The molecule has 0 amide bonds. The van der Waals surface area contributed by atoms with Crippen LogP contribution in [0, 0.1) is 0 Å². The van der Waals surface area contributed by atoms with Crippen molar-refractivity contribution in [3.8, 4) is 0 Å². The van der Waals surface area contributed by atoms with Gasteiger partial charge in [0.05, 0.1) is 6.04 Å². The summed E-state index contributed by atoms with van der Waals surface area (Å²) in [5.41, 5.74) is 1.85. The molecule has 0 bridgehead atoms. The lowest BCUT2D eigenvalue weighted by Gasteiger charge is -2.46. The highest BCUT2D eigenvalue weighted by Crippen LogP contribution is 2.44. The number of likely N-dealkylation sites (N-methyl/N-ethyl adjacent to an activating group) is 1. The molecule has 1 aliphatic heterocycles. The van der Waals surface area contributed by atoms with Gasteiger partial charge in [-0.1, -0.05) is 91.0 Å². The number of aliphatic hydroxyl groups is 1. The van der Waals surface area contributed by atoms with Crippen molar-refractivity contribution in [2.24, 2.45) is 0 Å². The molecule has 0 saturated carbocycles. The van der Waals surface area contributed by atoms with Crippen LogP contribution in [0.3, 0.4) is 0 Å². The molecular formula is C25H28N2O. The number of benzene rings is 3. The highest BCUT2D eigenvalue weighted by molar-refractivity contribution is 5.41. The summed E-state index contributed by atoms with van der Waals surface area (Å²) in [6.07, 6.45) is 0. The van der Waals surface area contributed by atoms with E-state index in [2.05, 4.69) is 41.1 Å². The Morgan fingerprint density at radius 2 is 1.11 bits per heavy atom. The SMILES string of the molecule is CN1CCN([C@@H](c2ccccc2)C(O)(c2ccccc2)c2ccccc2)CC1. The fourth-order valence-corrected chi connectivity index (χ4v) is 4.30. The molecule has 1 fully saturated rings. The minimum absolute atomic E-state index is 0.160. The van der Waals surface area contributed by atoms with E-state index in [1.54, 1.807) is 0 Å². The highest BCUT2D eigenvalue weighted by Gasteiger charge is 2.44. The molecule has 0 unspecified atom stereocenters. The van der Waals surface area contributed by atoms with Crippen molar-refractivity contribution >= 4 is 0 Å². The van der Waals surface area contributed by atoms with Crippen molar-refractivity contribution in [2.75, 3.05) is 33.2 Å². The topological polar surface area (TPSA) is 26.7 Å². The third-order valence-electron chi connectivity index (χ3n) is 5.84. The van der Waals surface area contributed by atoms with E-state index >= 15 is 0 Å². The van der Waals surface area contributed by atoms with Gasteiger partial charge in [-0.15, -0.1) is 0 Å². The molecule has 1 atom stereocenters. The minimum Gasteiger partial charge on any atom is -0.378 e. The lowest BCUT2D eigenvalue weighted by molar-refractivity contribution is -0.0373. The van der Waals surface area contributed by atoms with E-state index in [-0.39, 0.29) is 6.04 Å². The van der Waals surface area contributed by atoms with E-state index in [1.165, 1.54) is 0 Å². The molecular weight excluding hydrogens is 344 g/mol. The normalized spacial score (nSPS) is 17.4. The van der Waals surface area contributed by atoms with Gasteiger partial charge in [-0.3, -0.25) is 4.90 Å². The first-order valence-electron chi connectivity index (χ1n) is 10.0. The quantitative estimate of drug-likeness (QED) is 0.736. The van der Waals surface area contributed by atoms with E-state index in [9.17, 15) is 5.11 Å². The van der Waals surface area contributed by atoms with Gasteiger partial charge in [0, 0.05) is 26.2 Å². The third kappa shape index (κ3) is 3.61. The van der Waals surface area contributed by atoms with Gasteiger partial charge in [0.2, 0.25) is 0 Å². The molecule has 28 heavy (non-hydrogen) atoms. The second kappa shape index (κ2) is 8.27. The Morgan fingerprint density at radius 1 is 0.679 bits per heavy atom. The molecule has 1 heterocycles. The molecule has 4 rings (SSSR count). The van der Waals surface area contributed by atoms with Crippen LogP contribution in [0.25, 0.3) is 0 Å². The van der Waals surface area contributed by atoms with E-state index in [4.69, 9.17) is 0 Å². The molecule has 0 spiro atoms. The fourth-order valence-electron chi connectivity index (χ4n) is 4.30. The first-order chi connectivity index (χ1) is 13.7. The standard InChI is InChI=1S/C25H28N2O/c1-26-17-19-27(20-18-26)24(21-11-5-2-6-12-21)25(28,22-13-7-3-8-14-22)23-15-9-4-10-16-23/h2-16,24,28H,17-20H2,1H3/t24-/m0/s1. The summed E-state index contributed by atoms with van der Waals surface area (Å²) in [5.74, 6) is 0. The maximum atomic E-state index is 12.4. The van der Waals surface area contributed by atoms with Crippen LogP contribution in [0.4, 0.5) is 0 Å². The second-order valence-electron chi connectivity index (χ2n) is 7.65. The molecule has 3 heteroatoms. The summed E-state index contributed by atoms with van der Waals surface area (Å²) in [6, 6.07) is 30.5. The van der Waals surface area contributed by atoms with Gasteiger partial charge < -0.3 is 10.0 Å². The Kier molecular flexibility index (Phi) is 5.58. The first kappa shape index (κ1) is 18.9. The van der Waals surface area contributed by atoms with E-state index < -0.39 is 5.60 Å². The van der Waals surface area contributed by atoms with Crippen molar-refractivity contribution in [2.45, 2.75) is 11.6 Å². The predicted molar refractivity (Wildman–Crippen MR) is 114 cm³/mol. The zero-order valence-electron chi connectivity index (χ0n) is 16.4. The van der Waals surface area contributed by atoms with Crippen molar-refractivity contribution in [3.63, 3.8) is 0 Å². The largest absolute Gasteiger partial charge is 0.378 e. The molecule has 0 aromatic heterocycles. The van der Waals surface area contributed by atoms with E-state index in [0.29, 0.717) is 0 Å². The van der Waals surface area contributed by atoms with Crippen LogP contribution < -0.4 is 0 Å². The number of hydrogen-bond acceptors (Lipinski definition) is 3. The lowest BCUT2D eigenvalue weighted by atomic mass is 9.76. The molecule has 0 aliphatic carbocycles. The van der Waals surface area contributed by atoms with Crippen LogP contribution in [0.1, 0.15) is 22.7 Å². The lowest BCUT2D eigenvalue weighted by Crippen LogP contribution is -2.52. The van der Waals surface area contributed by atoms with Gasteiger partial charge in [-0.05, 0) is 23.7 Å². The monoisotopic (exact) mass is 372 g/mol. The second-order valence-corrected chi connectivity index (χ2v) is 7.65. The molecule has 3 aromatic carbocycles. The van der Waals surface area contributed by atoms with Crippen molar-refractivity contribution in [1.82, 2.24) is 9.80 Å². The summed E-state index contributed by atoms with van der Waals surface area (Å²) >= 11 is 0. The zero-order valence-corrected chi connectivity index (χ0v) is 16.4. The molecule has 144 valence electrons.